The maximum Gasteiger partial charge on any atom is 0.0766 e. The van der Waals surface area contributed by atoms with Gasteiger partial charge in [-0.2, -0.15) is 0 Å². The number of nitrogens with one attached hydrogen (secondary N) is 1. The van der Waals surface area contributed by atoms with Gasteiger partial charge in [0.05, 0.1) is 5.60 Å². The van der Waals surface area contributed by atoms with Gasteiger partial charge in [-0.1, -0.05) is 27.7 Å². The van der Waals surface area contributed by atoms with E-state index in [2.05, 4.69) is 33.0 Å². The van der Waals surface area contributed by atoms with Gasteiger partial charge in [0.1, 0.15) is 0 Å². The standard InChI is InChI=1S/C18H33NO/c1-5-18(20,6-2)13-19-17-9-14-7-15(3,11-17)10-16(4,8-14)12-17/h14,19-20H,5-13H2,1-4H3. The molecule has 0 saturated heterocycles. The first-order valence-electron chi connectivity index (χ1n) is 8.71. The van der Waals surface area contributed by atoms with Crippen LogP contribution in [0, 0.1) is 16.7 Å². The monoisotopic (exact) mass is 279 g/mol. The third kappa shape index (κ3) is 2.43. The average Bonchev–Trinajstić information content (AvgIpc) is 2.32. The van der Waals surface area contributed by atoms with Gasteiger partial charge in [0.2, 0.25) is 0 Å². The molecule has 0 amide bonds. The molecule has 0 aliphatic heterocycles. The van der Waals surface area contributed by atoms with Crippen molar-refractivity contribution in [1.82, 2.24) is 5.32 Å². The minimum absolute atomic E-state index is 0.321. The van der Waals surface area contributed by atoms with Gasteiger partial charge >= 0.3 is 0 Å². The highest BCUT2D eigenvalue weighted by Gasteiger charge is 2.60. The Hall–Kier alpha value is -0.0800. The zero-order valence-electron chi connectivity index (χ0n) is 13.9. The molecule has 4 fully saturated rings. The maximum atomic E-state index is 10.6. The number of hydrogen-bond donors (Lipinski definition) is 2. The average molecular weight is 279 g/mol. The minimum atomic E-state index is -0.509. The Morgan fingerprint density at radius 3 is 2.00 bits per heavy atom. The molecule has 0 heterocycles. The molecule has 4 rings (SSSR count). The van der Waals surface area contributed by atoms with Crippen molar-refractivity contribution >= 4 is 0 Å². The van der Waals surface area contributed by atoms with Crippen molar-refractivity contribution in [2.75, 3.05) is 6.54 Å². The highest BCUT2D eigenvalue weighted by Crippen LogP contribution is 2.66. The Labute approximate surface area is 124 Å². The fourth-order valence-corrected chi connectivity index (χ4v) is 6.50. The van der Waals surface area contributed by atoms with Gasteiger partial charge in [-0.3, -0.25) is 0 Å². The second-order valence-corrected chi connectivity index (χ2v) is 9.20. The fraction of sp³-hybridized carbons (Fsp3) is 1.00. The SMILES string of the molecule is CCC(O)(CC)CNC12CC3CC(C)(CC(C)(C3)C1)C2. The van der Waals surface area contributed by atoms with Crippen LogP contribution >= 0.6 is 0 Å². The largest absolute Gasteiger partial charge is 0.389 e. The number of aliphatic hydroxyl groups is 1. The Kier molecular flexibility index (Phi) is 3.31. The lowest BCUT2D eigenvalue weighted by Gasteiger charge is -2.66. The molecule has 2 heteroatoms. The maximum absolute atomic E-state index is 10.6. The van der Waals surface area contributed by atoms with Crippen molar-refractivity contribution in [3.63, 3.8) is 0 Å². The van der Waals surface area contributed by atoms with Gasteiger partial charge in [-0.25, -0.2) is 0 Å². The van der Waals surface area contributed by atoms with Gasteiger partial charge in [0, 0.05) is 12.1 Å². The van der Waals surface area contributed by atoms with Crippen LogP contribution in [0.3, 0.4) is 0 Å². The molecule has 2 nitrogen and oxygen atoms in total. The molecule has 2 atom stereocenters. The lowest BCUT2D eigenvalue weighted by atomic mass is 9.42. The number of rotatable bonds is 5. The number of hydrogen-bond acceptors (Lipinski definition) is 2. The van der Waals surface area contributed by atoms with Crippen molar-refractivity contribution in [3.8, 4) is 0 Å². The zero-order chi connectivity index (χ0) is 14.6. The second-order valence-electron chi connectivity index (χ2n) is 9.20. The third-order valence-corrected chi connectivity index (χ3v) is 6.73. The molecular formula is C18H33NO. The molecule has 0 radical (unpaired) electrons. The van der Waals surface area contributed by atoms with Crippen LogP contribution in [0.2, 0.25) is 0 Å². The van der Waals surface area contributed by atoms with Crippen molar-refractivity contribution in [2.45, 2.75) is 90.2 Å². The first-order chi connectivity index (χ1) is 9.24. The van der Waals surface area contributed by atoms with Crippen LogP contribution < -0.4 is 5.32 Å². The van der Waals surface area contributed by atoms with Crippen LogP contribution in [-0.4, -0.2) is 22.8 Å². The van der Waals surface area contributed by atoms with E-state index >= 15 is 0 Å². The van der Waals surface area contributed by atoms with Crippen molar-refractivity contribution in [1.29, 1.82) is 0 Å². The molecule has 0 spiro atoms. The van der Waals surface area contributed by atoms with Crippen LogP contribution in [0.4, 0.5) is 0 Å². The van der Waals surface area contributed by atoms with Gasteiger partial charge in [-0.05, 0) is 68.1 Å². The lowest BCUT2D eigenvalue weighted by molar-refractivity contribution is -0.123. The summed E-state index contributed by atoms with van der Waals surface area (Å²) in [6.07, 6.45) is 10.0. The van der Waals surface area contributed by atoms with E-state index in [1.165, 1.54) is 38.5 Å². The van der Waals surface area contributed by atoms with Crippen LogP contribution in [0.25, 0.3) is 0 Å². The molecule has 0 aromatic carbocycles. The van der Waals surface area contributed by atoms with E-state index in [1.54, 1.807) is 0 Å². The third-order valence-electron chi connectivity index (χ3n) is 6.73. The summed E-state index contributed by atoms with van der Waals surface area (Å²) in [5.74, 6) is 0.921. The van der Waals surface area contributed by atoms with E-state index < -0.39 is 5.60 Å². The normalized spacial score (nSPS) is 47.0. The Morgan fingerprint density at radius 1 is 1.00 bits per heavy atom. The van der Waals surface area contributed by atoms with Crippen molar-refractivity contribution in [3.05, 3.63) is 0 Å². The van der Waals surface area contributed by atoms with E-state index in [0.717, 1.165) is 25.3 Å². The molecule has 4 saturated carbocycles. The number of β-amino-alcohol motifs (C(OH)–C–C–N with tert-alkyl or cyclic N) is 1. The van der Waals surface area contributed by atoms with Crippen LogP contribution in [0.1, 0.15) is 79.1 Å². The summed E-state index contributed by atoms with van der Waals surface area (Å²) in [5, 5.41) is 14.5. The Balaban J connectivity index is 1.76. The second kappa shape index (κ2) is 4.46. The van der Waals surface area contributed by atoms with Crippen molar-refractivity contribution in [2.24, 2.45) is 16.7 Å². The molecule has 116 valence electrons. The molecule has 4 bridgehead atoms. The quantitative estimate of drug-likeness (QED) is 0.800. The van der Waals surface area contributed by atoms with E-state index in [-0.39, 0.29) is 0 Å². The van der Waals surface area contributed by atoms with Crippen LogP contribution in [0.15, 0.2) is 0 Å². The summed E-state index contributed by atoms with van der Waals surface area (Å²) >= 11 is 0. The summed E-state index contributed by atoms with van der Waals surface area (Å²) in [4.78, 5) is 0. The van der Waals surface area contributed by atoms with Crippen molar-refractivity contribution < 1.29 is 5.11 Å². The molecule has 4 aliphatic rings. The molecule has 2 unspecified atom stereocenters. The van der Waals surface area contributed by atoms with Gasteiger partial charge in [0.25, 0.3) is 0 Å². The summed E-state index contributed by atoms with van der Waals surface area (Å²) in [6.45, 7) is 10.0. The first-order valence-corrected chi connectivity index (χ1v) is 8.71. The van der Waals surface area contributed by atoms with Crippen LogP contribution in [-0.2, 0) is 0 Å². The molecule has 0 aromatic heterocycles. The molecule has 0 aromatic rings. The molecule has 2 N–H and O–H groups in total. The summed E-state index contributed by atoms with van der Waals surface area (Å²) in [7, 11) is 0. The highest BCUT2D eigenvalue weighted by molar-refractivity contribution is 5.14. The zero-order valence-corrected chi connectivity index (χ0v) is 13.9. The first kappa shape index (κ1) is 14.8. The lowest BCUT2D eigenvalue weighted by Crippen LogP contribution is -2.65. The summed E-state index contributed by atoms with van der Waals surface area (Å²) in [5.41, 5.74) is 0.918. The van der Waals surface area contributed by atoms with E-state index in [9.17, 15) is 5.11 Å². The fourth-order valence-electron chi connectivity index (χ4n) is 6.50. The molecular weight excluding hydrogens is 246 g/mol. The smallest absolute Gasteiger partial charge is 0.0766 e. The van der Waals surface area contributed by atoms with Gasteiger partial charge in [-0.15, -0.1) is 0 Å². The topological polar surface area (TPSA) is 32.3 Å². The van der Waals surface area contributed by atoms with Gasteiger partial charge in [0.15, 0.2) is 0 Å². The Morgan fingerprint density at radius 2 is 1.55 bits per heavy atom. The Bertz CT molecular complexity index is 369. The minimum Gasteiger partial charge on any atom is -0.389 e. The van der Waals surface area contributed by atoms with Crippen LogP contribution in [0.5, 0.6) is 0 Å². The summed E-state index contributed by atoms with van der Waals surface area (Å²) < 4.78 is 0. The molecule has 4 aliphatic carbocycles. The summed E-state index contributed by atoms with van der Waals surface area (Å²) in [6, 6.07) is 0. The molecule has 20 heavy (non-hydrogen) atoms. The van der Waals surface area contributed by atoms with E-state index in [0.29, 0.717) is 16.4 Å². The van der Waals surface area contributed by atoms with Gasteiger partial charge < -0.3 is 10.4 Å². The predicted molar refractivity (Wildman–Crippen MR) is 83.7 cm³/mol. The predicted octanol–water partition coefficient (Wildman–Crippen LogP) is 3.88. The van der Waals surface area contributed by atoms with E-state index in [1.807, 2.05) is 0 Å². The highest BCUT2D eigenvalue weighted by atomic mass is 16.3. The van der Waals surface area contributed by atoms with E-state index in [4.69, 9.17) is 0 Å².